The summed E-state index contributed by atoms with van der Waals surface area (Å²) in [4.78, 5) is 12.5. The number of hydrazone groups is 1. The number of amides is 1. The Labute approximate surface area is 118 Å². The van der Waals surface area contributed by atoms with Gasteiger partial charge >= 0.3 is 0 Å². The van der Waals surface area contributed by atoms with Crippen molar-refractivity contribution in [1.82, 2.24) is 5.43 Å². The summed E-state index contributed by atoms with van der Waals surface area (Å²) in [6, 6.07) is 10.2. The molecule has 0 aliphatic rings. The third-order valence-corrected chi connectivity index (χ3v) is 3.48. The van der Waals surface area contributed by atoms with E-state index in [0.29, 0.717) is 14.9 Å². The first-order chi connectivity index (χ1) is 8.65. The first-order valence-electron chi connectivity index (χ1n) is 4.99. The van der Waals surface area contributed by atoms with Crippen LogP contribution < -0.4 is 5.43 Å². The zero-order chi connectivity index (χ0) is 13.0. The molecule has 1 aromatic heterocycles. The normalized spacial score (nSPS) is 10.8. The van der Waals surface area contributed by atoms with Crippen molar-refractivity contribution >= 4 is 46.7 Å². The first-order valence-corrected chi connectivity index (χ1v) is 6.57. The molecule has 2 aromatic rings. The molecular weight excluding hydrogens is 291 g/mol. The molecule has 0 spiro atoms. The van der Waals surface area contributed by atoms with Crippen molar-refractivity contribution < 1.29 is 4.79 Å². The zero-order valence-corrected chi connectivity index (χ0v) is 11.4. The van der Waals surface area contributed by atoms with E-state index in [2.05, 4.69) is 10.5 Å². The Kier molecular flexibility index (Phi) is 4.36. The summed E-state index contributed by atoms with van der Waals surface area (Å²) in [6.45, 7) is 0. The van der Waals surface area contributed by atoms with E-state index in [4.69, 9.17) is 23.2 Å². The first kappa shape index (κ1) is 13.1. The number of nitrogens with zero attached hydrogens (tertiary/aromatic N) is 1. The molecule has 1 aromatic carbocycles. The lowest BCUT2D eigenvalue weighted by atomic mass is 10.2. The van der Waals surface area contributed by atoms with Crippen LogP contribution in [0.5, 0.6) is 0 Å². The Morgan fingerprint density at radius 2 is 1.89 bits per heavy atom. The van der Waals surface area contributed by atoms with Gasteiger partial charge in [0.25, 0.3) is 5.91 Å². The Balaban J connectivity index is 1.96. The van der Waals surface area contributed by atoms with Crippen LogP contribution in [0.3, 0.4) is 0 Å². The number of carbonyl (C=O) groups is 1. The molecular formula is C12H8Cl2N2OS. The average molecular weight is 299 g/mol. The number of carbonyl (C=O) groups excluding carboxylic acids is 1. The van der Waals surface area contributed by atoms with Gasteiger partial charge in [-0.15, -0.1) is 11.3 Å². The van der Waals surface area contributed by atoms with Gasteiger partial charge in [-0.1, -0.05) is 23.2 Å². The molecule has 1 N–H and O–H groups in total. The minimum absolute atomic E-state index is 0.287. The summed E-state index contributed by atoms with van der Waals surface area (Å²) in [7, 11) is 0. The van der Waals surface area contributed by atoms with E-state index in [1.807, 2.05) is 6.07 Å². The van der Waals surface area contributed by atoms with Gasteiger partial charge in [0, 0.05) is 15.5 Å². The molecule has 0 aliphatic carbocycles. The lowest BCUT2D eigenvalue weighted by molar-refractivity contribution is 0.0955. The molecule has 3 nitrogen and oxygen atoms in total. The van der Waals surface area contributed by atoms with Crippen molar-refractivity contribution in [3.05, 3.63) is 56.2 Å². The topological polar surface area (TPSA) is 41.5 Å². The van der Waals surface area contributed by atoms with Crippen molar-refractivity contribution in [1.29, 1.82) is 0 Å². The van der Waals surface area contributed by atoms with Crippen molar-refractivity contribution in [2.75, 3.05) is 0 Å². The lowest BCUT2D eigenvalue weighted by Crippen LogP contribution is -2.17. The molecule has 1 amide bonds. The third-order valence-electron chi connectivity index (χ3n) is 2.06. The molecule has 92 valence electrons. The van der Waals surface area contributed by atoms with Gasteiger partial charge in [0.15, 0.2) is 0 Å². The average Bonchev–Trinajstić information content (AvgIpc) is 2.76. The Morgan fingerprint density at radius 1 is 1.17 bits per heavy atom. The molecule has 0 saturated heterocycles. The highest BCUT2D eigenvalue weighted by molar-refractivity contribution is 7.17. The van der Waals surface area contributed by atoms with Gasteiger partial charge in [0.1, 0.15) is 0 Å². The number of halogens is 2. The van der Waals surface area contributed by atoms with E-state index < -0.39 is 0 Å². The second-order valence-corrected chi connectivity index (χ2v) is 5.53. The molecule has 0 unspecified atom stereocenters. The van der Waals surface area contributed by atoms with Gasteiger partial charge in [0.2, 0.25) is 0 Å². The second-order valence-electron chi connectivity index (χ2n) is 3.35. The zero-order valence-electron chi connectivity index (χ0n) is 9.06. The van der Waals surface area contributed by atoms with Crippen LogP contribution in [0.1, 0.15) is 15.2 Å². The van der Waals surface area contributed by atoms with Crippen molar-refractivity contribution in [2.45, 2.75) is 0 Å². The van der Waals surface area contributed by atoms with Crippen LogP contribution in [-0.4, -0.2) is 12.1 Å². The smallest absolute Gasteiger partial charge is 0.267 e. The SMILES string of the molecule is O=C(NN=Cc1ccc(Cl)s1)c1ccc(Cl)cc1. The Hall–Kier alpha value is -1.36. The third kappa shape index (κ3) is 3.57. The van der Waals surface area contributed by atoms with Gasteiger partial charge in [-0.3, -0.25) is 4.79 Å². The summed E-state index contributed by atoms with van der Waals surface area (Å²) in [6.07, 6.45) is 1.55. The van der Waals surface area contributed by atoms with Crippen LogP contribution in [0.4, 0.5) is 0 Å². The van der Waals surface area contributed by atoms with Gasteiger partial charge in [-0.2, -0.15) is 5.10 Å². The number of hydrogen-bond acceptors (Lipinski definition) is 3. The molecule has 0 aliphatic heterocycles. The minimum Gasteiger partial charge on any atom is -0.267 e. The number of thiophene rings is 1. The van der Waals surface area contributed by atoms with Gasteiger partial charge in [-0.25, -0.2) is 5.43 Å². The molecule has 0 bridgehead atoms. The van der Waals surface area contributed by atoms with E-state index in [-0.39, 0.29) is 5.91 Å². The monoisotopic (exact) mass is 298 g/mol. The van der Waals surface area contributed by atoms with Gasteiger partial charge in [-0.05, 0) is 36.4 Å². The molecule has 18 heavy (non-hydrogen) atoms. The van der Waals surface area contributed by atoms with Crippen LogP contribution in [0.2, 0.25) is 9.36 Å². The van der Waals surface area contributed by atoms with Gasteiger partial charge in [0.05, 0.1) is 10.6 Å². The van der Waals surface area contributed by atoms with E-state index in [0.717, 1.165) is 4.88 Å². The van der Waals surface area contributed by atoms with Crippen molar-refractivity contribution in [3.63, 3.8) is 0 Å². The fraction of sp³-hybridized carbons (Fsp3) is 0. The van der Waals surface area contributed by atoms with Crippen molar-refractivity contribution in [2.24, 2.45) is 5.10 Å². The minimum atomic E-state index is -0.287. The second kappa shape index (κ2) is 6.00. The maximum atomic E-state index is 11.7. The molecule has 2 rings (SSSR count). The van der Waals surface area contributed by atoms with Crippen molar-refractivity contribution in [3.8, 4) is 0 Å². The van der Waals surface area contributed by atoms with Crippen LogP contribution in [0.15, 0.2) is 41.5 Å². The molecule has 1 heterocycles. The fourth-order valence-electron chi connectivity index (χ4n) is 1.22. The summed E-state index contributed by atoms with van der Waals surface area (Å²) in [5.41, 5.74) is 2.93. The highest BCUT2D eigenvalue weighted by Gasteiger charge is 2.03. The maximum absolute atomic E-state index is 11.7. The lowest BCUT2D eigenvalue weighted by Gasteiger charge is -1.98. The number of benzene rings is 1. The summed E-state index contributed by atoms with van der Waals surface area (Å²) < 4.78 is 0.681. The number of rotatable bonds is 3. The van der Waals surface area contributed by atoms with Crippen LogP contribution in [0.25, 0.3) is 0 Å². The molecule has 6 heteroatoms. The van der Waals surface area contributed by atoms with Crippen LogP contribution in [-0.2, 0) is 0 Å². The number of nitrogens with one attached hydrogen (secondary N) is 1. The quantitative estimate of drug-likeness (QED) is 0.679. The predicted octanol–water partition coefficient (Wildman–Crippen LogP) is 3.82. The van der Waals surface area contributed by atoms with E-state index in [1.165, 1.54) is 11.3 Å². The molecule has 0 atom stereocenters. The Morgan fingerprint density at radius 3 is 2.50 bits per heavy atom. The number of hydrogen-bond donors (Lipinski definition) is 1. The van der Waals surface area contributed by atoms with E-state index in [1.54, 1.807) is 36.5 Å². The summed E-state index contributed by atoms with van der Waals surface area (Å²) in [5, 5.41) is 4.43. The fourth-order valence-corrected chi connectivity index (χ4v) is 2.28. The van der Waals surface area contributed by atoms with Gasteiger partial charge < -0.3 is 0 Å². The standard InChI is InChI=1S/C12H8Cl2N2OS/c13-9-3-1-8(2-4-9)12(17)16-15-7-10-5-6-11(14)18-10/h1-7H,(H,16,17). The van der Waals surface area contributed by atoms with E-state index in [9.17, 15) is 4.79 Å². The molecule has 0 fully saturated rings. The Bertz CT molecular complexity index is 578. The largest absolute Gasteiger partial charge is 0.271 e. The molecule has 0 radical (unpaired) electrons. The highest BCUT2D eigenvalue weighted by atomic mass is 35.5. The summed E-state index contributed by atoms with van der Waals surface area (Å²) in [5.74, 6) is -0.287. The maximum Gasteiger partial charge on any atom is 0.271 e. The van der Waals surface area contributed by atoms with Crippen LogP contribution >= 0.6 is 34.5 Å². The highest BCUT2D eigenvalue weighted by Crippen LogP contribution is 2.19. The van der Waals surface area contributed by atoms with Crippen LogP contribution in [0, 0.1) is 0 Å². The predicted molar refractivity (Wildman–Crippen MR) is 75.8 cm³/mol. The van der Waals surface area contributed by atoms with E-state index >= 15 is 0 Å². The molecule has 0 saturated carbocycles. The summed E-state index contributed by atoms with van der Waals surface area (Å²) >= 11 is 12.9.